The van der Waals surface area contributed by atoms with Crippen LogP contribution in [0.15, 0.2) is 47.4 Å². The first-order chi connectivity index (χ1) is 14.2. The van der Waals surface area contributed by atoms with Crippen molar-refractivity contribution in [3.05, 3.63) is 59.2 Å². The van der Waals surface area contributed by atoms with E-state index in [4.69, 9.17) is 14.7 Å². The normalized spacial score (nSPS) is 21.8. The minimum atomic E-state index is -4.08. The summed E-state index contributed by atoms with van der Waals surface area (Å²) >= 11 is 0. The fraction of sp³-hybridized carbons (Fsp3) is 0.381. The quantitative estimate of drug-likeness (QED) is 0.466. The van der Waals surface area contributed by atoms with E-state index >= 15 is 0 Å². The number of amides is 1. The maximum absolute atomic E-state index is 13.1. The molecule has 2 aromatic rings. The van der Waals surface area contributed by atoms with Crippen LogP contribution in [0.4, 0.5) is 0 Å². The Hall–Kier alpha value is -2.46. The Kier molecular flexibility index (Phi) is 6.47. The number of aryl methyl sites for hydroxylation is 2. The van der Waals surface area contributed by atoms with Gasteiger partial charge in [0.2, 0.25) is 0 Å². The van der Waals surface area contributed by atoms with E-state index in [1.165, 1.54) is 29.7 Å². The topological polar surface area (TPSA) is 122 Å². The van der Waals surface area contributed by atoms with Crippen LogP contribution < -0.4 is 10.2 Å². The summed E-state index contributed by atoms with van der Waals surface area (Å²) in [5.74, 6) is -0.728. The van der Waals surface area contributed by atoms with Gasteiger partial charge in [0.15, 0.2) is 15.4 Å². The number of hydroxylamine groups is 1. The highest BCUT2D eigenvalue weighted by molar-refractivity contribution is 7.92. The van der Waals surface area contributed by atoms with Crippen molar-refractivity contribution in [1.82, 2.24) is 5.48 Å². The molecule has 2 atom stereocenters. The molecule has 30 heavy (non-hydrogen) atoms. The smallest absolute Gasteiger partial charge is 0.279 e. The van der Waals surface area contributed by atoms with Crippen LogP contribution in [0, 0.1) is 13.8 Å². The Morgan fingerprint density at radius 1 is 1.23 bits per heavy atom. The molecule has 0 spiro atoms. The highest BCUT2D eigenvalue weighted by Gasteiger charge is 2.53. The Morgan fingerprint density at radius 3 is 2.57 bits per heavy atom. The van der Waals surface area contributed by atoms with Crippen LogP contribution in [0.25, 0.3) is 0 Å². The fourth-order valence-electron chi connectivity index (χ4n) is 3.53. The van der Waals surface area contributed by atoms with Crippen molar-refractivity contribution in [2.45, 2.75) is 42.6 Å². The van der Waals surface area contributed by atoms with Crippen molar-refractivity contribution in [3.8, 4) is 5.75 Å². The number of benzene rings is 2. The molecule has 3 rings (SSSR count). The minimum absolute atomic E-state index is 0.0579. The summed E-state index contributed by atoms with van der Waals surface area (Å²) in [6.45, 7) is 3.90. The lowest BCUT2D eigenvalue weighted by atomic mass is 9.95. The van der Waals surface area contributed by atoms with Crippen LogP contribution in [-0.2, 0) is 26.0 Å². The van der Waals surface area contributed by atoms with Gasteiger partial charge in [-0.15, -0.1) is 0 Å². The molecule has 1 heterocycles. The third-order valence-corrected chi connectivity index (χ3v) is 7.60. The minimum Gasteiger partial charge on any atom is -0.489 e. The van der Waals surface area contributed by atoms with Gasteiger partial charge in [-0.1, -0.05) is 23.8 Å². The first kappa shape index (κ1) is 22.2. The molecule has 1 saturated heterocycles. The number of rotatable bonds is 6. The second kappa shape index (κ2) is 8.73. The molecule has 0 unspecified atom stereocenters. The molecule has 0 saturated carbocycles. The maximum Gasteiger partial charge on any atom is 0.279 e. The maximum atomic E-state index is 13.1. The molecule has 0 bridgehead atoms. The summed E-state index contributed by atoms with van der Waals surface area (Å²) in [5, 5.41) is 18.1. The van der Waals surface area contributed by atoms with Crippen LogP contribution in [0.1, 0.15) is 23.1 Å². The summed E-state index contributed by atoms with van der Waals surface area (Å²) in [5.41, 5.74) is 2.23. The lowest BCUT2D eigenvalue weighted by Crippen LogP contribution is -2.62. The molecule has 8 nitrogen and oxygen atoms in total. The van der Waals surface area contributed by atoms with Crippen LogP contribution in [0.2, 0.25) is 0 Å². The third kappa shape index (κ3) is 4.34. The number of hydrogen-bond acceptors (Lipinski definition) is 7. The standard InChI is InChI=1S/C21H25NO7S/c1-14-3-4-16(15(2)11-14)12-29-17-5-7-18(8-6-17)30(26,27)19-9-10-28-13-21(19,24)20(23)22-25/h3-8,11,19,24-25H,9-10,12-13H2,1-2H3,(H,22,23)/t19-,21-/m1/s1. The van der Waals surface area contributed by atoms with Crippen molar-refractivity contribution in [1.29, 1.82) is 0 Å². The Balaban J connectivity index is 1.78. The lowest BCUT2D eigenvalue weighted by molar-refractivity contribution is -0.161. The number of hydrogen-bond donors (Lipinski definition) is 3. The van der Waals surface area contributed by atoms with Gasteiger partial charge in [-0.3, -0.25) is 10.0 Å². The highest BCUT2D eigenvalue weighted by Crippen LogP contribution is 2.32. The van der Waals surface area contributed by atoms with Gasteiger partial charge in [0.25, 0.3) is 5.91 Å². The first-order valence-electron chi connectivity index (χ1n) is 9.46. The van der Waals surface area contributed by atoms with Gasteiger partial charge in [0, 0.05) is 6.61 Å². The molecule has 9 heteroatoms. The number of sulfone groups is 1. The molecule has 162 valence electrons. The van der Waals surface area contributed by atoms with E-state index in [-0.39, 0.29) is 17.9 Å². The Bertz CT molecular complexity index is 1020. The van der Waals surface area contributed by atoms with Gasteiger partial charge < -0.3 is 14.6 Å². The van der Waals surface area contributed by atoms with Crippen molar-refractivity contribution in [2.75, 3.05) is 13.2 Å². The molecule has 1 fully saturated rings. The Morgan fingerprint density at radius 2 is 1.93 bits per heavy atom. The van der Waals surface area contributed by atoms with E-state index in [9.17, 15) is 18.3 Å². The van der Waals surface area contributed by atoms with E-state index in [0.717, 1.165) is 16.7 Å². The SMILES string of the molecule is Cc1ccc(COc2ccc(S(=O)(=O)[C@@H]3CCOC[C@]3(O)C(=O)NO)cc2)c(C)c1. The van der Waals surface area contributed by atoms with Gasteiger partial charge in [-0.05, 0) is 55.7 Å². The molecule has 0 aromatic heterocycles. The van der Waals surface area contributed by atoms with E-state index < -0.39 is 33.2 Å². The van der Waals surface area contributed by atoms with Crippen molar-refractivity contribution in [3.63, 3.8) is 0 Å². The van der Waals surface area contributed by atoms with E-state index in [0.29, 0.717) is 12.4 Å². The molecular weight excluding hydrogens is 410 g/mol. The zero-order valence-corrected chi connectivity index (χ0v) is 17.6. The molecule has 0 radical (unpaired) electrons. The summed E-state index contributed by atoms with van der Waals surface area (Å²) < 4.78 is 37.0. The highest BCUT2D eigenvalue weighted by atomic mass is 32.2. The van der Waals surface area contributed by atoms with Gasteiger partial charge in [-0.25, -0.2) is 13.9 Å². The monoisotopic (exact) mass is 435 g/mol. The predicted molar refractivity (Wildman–Crippen MR) is 108 cm³/mol. The average molecular weight is 435 g/mol. The third-order valence-electron chi connectivity index (χ3n) is 5.29. The molecule has 0 aliphatic carbocycles. The van der Waals surface area contributed by atoms with Gasteiger partial charge in [0.05, 0.1) is 11.5 Å². The van der Waals surface area contributed by atoms with Crippen LogP contribution in [0.3, 0.4) is 0 Å². The molecule has 1 aliphatic heterocycles. The van der Waals surface area contributed by atoms with Crippen molar-refractivity contribution < 1.29 is 33.0 Å². The van der Waals surface area contributed by atoms with E-state index in [1.54, 1.807) is 0 Å². The summed E-state index contributed by atoms with van der Waals surface area (Å²) in [6.07, 6.45) is -0.0861. The van der Waals surface area contributed by atoms with E-state index in [2.05, 4.69) is 6.07 Å². The van der Waals surface area contributed by atoms with Gasteiger partial charge in [-0.2, -0.15) is 0 Å². The predicted octanol–water partition coefficient (Wildman–Crippen LogP) is 1.68. The van der Waals surface area contributed by atoms with Gasteiger partial charge in [0.1, 0.15) is 17.6 Å². The summed E-state index contributed by atoms with van der Waals surface area (Å²) in [4.78, 5) is 11.9. The summed E-state index contributed by atoms with van der Waals surface area (Å²) in [7, 11) is -4.08. The average Bonchev–Trinajstić information content (AvgIpc) is 2.73. The molecular formula is C21H25NO7S. The van der Waals surface area contributed by atoms with Crippen LogP contribution in [-0.4, -0.2) is 48.7 Å². The number of nitrogens with one attached hydrogen (secondary N) is 1. The lowest BCUT2D eigenvalue weighted by Gasteiger charge is -2.36. The summed E-state index contributed by atoms with van der Waals surface area (Å²) in [6, 6.07) is 11.9. The Labute approximate surface area is 175 Å². The van der Waals surface area contributed by atoms with Crippen molar-refractivity contribution >= 4 is 15.7 Å². The molecule has 2 aromatic carbocycles. The molecule has 1 amide bonds. The second-order valence-corrected chi connectivity index (χ2v) is 9.56. The number of ether oxygens (including phenoxy) is 2. The number of carbonyl (C=O) groups is 1. The molecule has 1 aliphatic rings. The molecule has 3 N–H and O–H groups in total. The second-order valence-electron chi connectivity index (χ2n) is 7.43. The fourth-order valence-corrected chi connectivity index (χ4v) is 5.47. The number of carbonyl (C=O) groups excluding carboxylic acids is 1. The van der Waals surface area contributed by atoms with Gasteiger partial charge >= 0.3 is 0 Å². The van der Waals surface area contributed by atoms with Crippen molar-refractivity contribution in [2.24, 2.45) is 0 Å². The zero-order valence-electron chi connectivity index (χ0n) is 16.8. The van der Waals surface area contributed by atoms with Crippen LogP contribution in [0.5, 0.6) is 5.75 Å². The largest absolute Gasteiger partial charge is 0.489 e. The number of aliphatic hydroxyl groups is 1. The zero-order chi connectivity index (χ0) is 21.9. The van der Waals surface area contributed by atoms with E-state index in [1.807, 2.05) is 26.0 Å². The van der Waals surface area contributed by atoms with Crippen LogP contribution >= 0.6 is 0 Å². The first-order valence-corrected chi connectivity index (χ1v) is 11.0.